The first-order chi connectivity index (χ1) is 9.61. The van der Waals surface area contributed by atoms with E-state index in [4.69, 9.17) is 4.74 Å². The van der Waals surface area contributed by atoms with Gasteiger partial charge in [0.05, 0.1) is 12.0 Å². The van der Waals surface area contributed by atoms with Gasteiger partial charge in [-0.3, -0.25) is 9.69 Å². The van der Waals surface area contributed by atoms with Crippen LogP contribution < -0.4 is 0 Å². The Morgan fingerprint density at radius 3 is 2.70 bits per heavy atom. The van der Waals surface area contributed by atoms with E-state index in [0.717, 1.165) is 45.3 Å². The van der Waals surface area contributed by atoms with E-state index in [9.17, 15) is 9.90 Å². The van der Waals surface area contributed by atoms with Gasteiger partial charge in [0.15, 0.2) is 0 Å². The Morgan fingerprint density at radius 1 is 1.30 bits per heavy atom. The highest BCUT2D eigenvalue weighted by Crippen LogP contribution is 2.34. The topological polar surface area (TPSA) is 49.8 Å². The van der Waals surface area contributed by atoms with Crippen molar-refractivity contribution in [3.63, 3.8) is 0 Å². The van der Waals surface area contributed by atoms with E-state index in [2.05, 4.69) is 18.9 Å². The molecule has 4 atom stereocenters. The van der Waals surface area contributed by atoms with Gasteiger partial charge in [0, 0.05) is 19.2 Å². The smallest absolute Gasteiger partial charge is 0.308 e. The molecule has 2 aliphatic rings. The van der Waals surface area contributed by atoms with Crippen LogP contribution >= 0.6 is 0 Å². The van der Waals surface area contributed by atoms with Crippen molar-refractivity contribution in [2.45, 2.75) is 64.0 Å². The summed E-state index contributed by atoms with van der Waals surface area (Å²) in [4.78, 5) is 13.8. The van der Waals surface area contributed by atoms with Gasteiger partial charge in [0.1, 0.15) is 0 Å². The van der Waals surface area contributed by atoms with Crippen LogP contribution in [0.2, 0.25) is 0 Å². The Kier molecular flexibility index (Phi) is 5.85. The summed E-state index contributed by atoms with van der Waals surface area (Å²) in [7, 11) is 2.08. The predicted octanol–water partition coefficient (Wildman–Crippen LogP) is 2.77. The van der Waals surface area contributed by atoms with E-state index in [1.165, 1.54) is 12.8 Å². The number of likely N-dealkylation sites (N-methyl/N-ethyl adjacent to an activating group) is 1. The lowest BCUT2D eigenvalue weighted by atomic mass is 9.76. The van der Waals surface area contributed by atoms with Crippen molar-refractivity contribution >= 4 is 5.97 Å². The van der Waals surface area contributed by atoms with E-state index in [-0.39, 0.29) is 12.0 Å². The summed E-state index contributed by atoms with van der Waals surface area (Å²) in [6, 6.07) is 0.178. The molecule has 116 valence electrons. The van der Waals surface area contributed by atoms with Crippen LogP contribution in [0, 0.1) is 11.8 Å². The quantitative estimate of drug-likeness (QED) is 0.843. The fourth-order valence-corrected chi connectivity index (χ4v) is 3.79. The van der Waals surface area contributed by atoms with Crippen molar-refractivity contribution < 1.29 is 14.6 Å². The number of ether oxygens (including phenoxy) is 1. The molecule has 0 spiro atoms. The molecule has 4 unspecified atom stereocenters. The minimum absolute atomic E-state index is 0.178. The summed E-state index contributed by atoms with van der Waals surface area (Å²) in [5.41, 5.74) is 0. The molecule has 0 amide bonds. The first kappa shape index (κ1) is 15.8. The van der Waals surface area contributed by atoms with Crippen LogP contribution in [0.5, 0.6) is 0 Å². The Balaban J connectivity index is 1.95. The molecule has 4 nitrogen and oxygen atoms in total. The number of hydrogen-bond donors (Lipinski definition) is 1. The second-order valence-corrected chi connectivity index (χ2v) is 6.53. The highest BCUT2D eigenvalue weighted by atomic mass is 16.5. The number of aliphatic carboxylic acids is 1. The van der Waals surface area contributed by atoms with E-state index >= 15 is 0 Å². The third kappa shape index (κ3) is 3.95. The van der Waals surface area contributed by atoms with Crippen LogP contribution in [0.15, 0.2) is 0 Å². The number of carboxylic acid groups (broad SMARTS) is 1. The summed E-state index contributed by atoms with van der Waals surface area (Å²) in [5.74, 6) is -0.141. The number of nitrogens with zero attached hydrogens (tertiary/aromatic N) is 1. The van der Waals surface area contributed by atoms with Crippen molar-refractivity contribution in [2.24, 2.45) is 11.8 Å². The van der Waals surface area contributed by atoms with Gasteiger partial charge < -0.3 is 9.84 Å². The van der Waals surface area contributed by atoms with Gasteiger partial charge in [0.25, 0.3) is 0 Å². The molecule has 1 aliphatic carbocycles. The zero-order chi connectivity index (χ0) is 14.5. The van der Waals surface area contributed by atoms with Crippen LogP contribution in [-0.4, -0.2) is 48.3 Å². The maximum Gasteiger partial charge on any atom is 0.308 e. The summed E-state index contributed by atoms with van der Waals surface area (Å²) in [6.45, 7) is 3.96. The zero-order valence-electron chi connectivity index (χ0n) is 12.9. The molecule has 0 bridgehead atoms. The van der Waals surface area contributed by atoms with E-state index in [0.29, 0.717) is 12.0 Å². The number of rotatable bonds is 5. The molecule has 0 aromatic carbocycles. The van der Waals surface area contributed by atoms with Gasteiger partial charge in [0.2, 0.25) is 0 Å². The maximum absolute atomic E-state index is 11.5. The van der Waals surface area contributed by atoms with Crippen molar-refractivity contribution in [3.8, 4) is 0 Å². The zero-order valence-corrected chi connectivity index (χ0v) is 12.9. The second-order valence-electron chi connectivity index (χ2n) is 6.53. The largest absolute Gasteiger partial charge is 0.481 e. The molecule has 0 radical (unpaired) electrons. The van der Waals surface area contributed by atoms with Gasteiger partial charge in [-0.1, -0.05) is 13.3 Å². The van der Waals surface area contributed by atoms with Crippen LogP contribution in [-0.2, 0) is 9.53 Å². The van der Waals surface area contributed by atoms with Crippen molar-refractivity contribution in [3.05, 3.63) is 0 Å². The SMILES string of the molecule is CCC1CCC(C(=O)O)C(N(C)CC2CCCCO2)C1. The number of carbonyl (C=O) groups is 1. The van der Waals surface area contributed by atoms with E-state index < -0.39 is 5.97 Å². The fraction of sp³-hybridized carbons (Fsp3) is 0.938. The molecule has 1 aliphatic heterocycles. The summed E-state index contributed by atoms with van der Waals surface area (Å²) >= 11 is 0. The Labute approximate surface area is 122 Å². The minimum Gasteiger partial charge on any atom is -0.481 e. The van der Waals surface area contributed by atoms with Crippen molar-refractivity contribution in [1.82, 2.24) is 4.90 Å². The van der Waals surface area contributed by atoms with Gasteiger partial charge in [-0.05, 0) is 51.5 Å². The van der Waals surface area contributed by atoms with Gasteiger partial charge in [-0.25, -0.2) is 0 Å². The number of carboxylic acids is 1. The summed E-state index contributed by atoms with van der Waals surface area (Å²) in [5, 5.41) is 9.46. The highest BCUT2D eigenvalue weighted by molar-refractivity contribution is 5.71. The van der Waals surface area contributed by atoms with Gasteiger partial charge in [-0.2, -0.15) is 0 Å². The Hall–Kier alpha value is -0.610. The third-order valence-corrected chi connectivity index (χ3v) is 5.15. The fourth-order valence-electron chi connectivity index (χ4n) is 3.79. The van der Waals surface area contributed by atoms with Gasteiger partial charge in [-0.15, -0.1) is 0 Å². The highest BCUT2D eigenvalue weighted by Gasteiger charge is 2.37. The van der Waals surface area contributed by atoms with Crippen molar-refractivity contribution in [2.75, 3.05) is 20.2 Å². The second kappa shape index (κ2) is 7.41. The molecule has 2 fully saturated rings. The first-order valence-corrected chi connectivity index (χ1v) is 8.16. The first-order valence-electron chi connectivity index (χ1n) is 8.16. The lowest BCUT2D eigenvalue weighted by molar-refractivity contribution is -0.146. The minimum atomic E-state index is -0.624. The molecule has 20 heavy (non-hydrogen) atoms. The van der Waals surface area contributed by atoms with Gasteiger partial charge >= 0.3 is 5.97 Å². The standard InChI is InChI=1S/C16H29NO3/c1-3-12-7-8-14(16(18)19)15(10-12)17(2)11-13-6-4-5-9-20-13/h12-15H,3-11H2,1-2H3,(H,18,19). The molecule has 2 rings (SSSR count). The normalized spacial score (nSPS) is 35.1. The van der Waals surface area contributed by atoms with E-state index in [1.807, 2.05) is 0 Å². The number of hydrogen-bond acceptors (Lipinski definition) is 3. The molecular formula is C16H29NO3. The predicted molar refractivity (Wildman–Crippen MR) is 78.8 cm³/mol. The molecule has 4 heteroatoms. The molecular weight excluding hydrogens is 254 g/mol. The third-order valence-electron chi connectivity index (χ3n) is 5.15. The molecule has 0 aromatic heterocycles. The van der Waals surface area contributed by atoms with Crippen LogP contribution in [0.4, 0.5) is 0 Å². The molecule has 1 saturated carbocycles. The lowest BCUT2D eigenvalue weighted by Crippen LogP contribution is -2.48. The Bertz CT molecular complexity index is 315. The summed E-state index contributed by atoms with van der Waals surface area (Å²) < 4.78 is 5.80. The molecule has 0 aromatic rings. The molecule has 1 heterocycles. The average molecular weight is 283 g/mol. The molecule has 1 N–H and O–H groups in total. The van der Waals surface area contributed by atoms with Crippen LogP contribution in [0.25, 0.3) is 0 Å². The average Bonchev–Trinajstić information content (AvgIpc) is 2.47. The Morgan fingerprint density at radius 2 is 2.10 bits per heavy atom. The monoisotopic (exact) mass is 283 g/mol. The van der Waals surface area contributed by atoms with Crippen molar-refractivity contribution in [1.29, 1.82) is 0 Å². The van der Waals surface area contributed by atoms with Crippen LogP contribution in [0.1, 0.15) is 51.9 Å². The van der Waals surface area contributed by atoms with Crippen LogP contribution in [0.3, 0.4) is 0 Å². The lowest BCUT2D eigenvalue weighted by Gasteiger charge is -2.40. The maximum atomic E-state index is 11.5. The summed E-state index contributed by atoms with van der Waals surface area (Å²) in [6.07, 6.45) is 7.90. The molecule has 1 saturated heterocycles. The van der Waals surface area contributed by atoms with E-state index in [1.54, 1.807) is 0 Å².